The third-order valence-corrected chi connectivity index (χ3v) is 6.81. The van der Waals surface area contributed by atoms with Crippen molar-refractivity contribution >= 4 is 9.84 Å². The third-order valence-electron chi connectivity index (χ3n) is 5.70. The van der Waals surface area contributed by atoms with Gasteiger partial charge in [0, 0.05) is 12.3 Å². The summed E-state index contributed by atoms with van der Waals surface area (Å²) in [5.41, 5.74) is 2.71. The zero-order valence-electron chi connectivity index (χ0n) is 15.1. The molecule has 1 N–H and O–H groups in total. The second-order valence-electron chi connectivity index (χ2n) is 6.96. The molecular weight excluding hydrogens is 306 g/mol. The van der Waals surface area contributed by atoms with Crippen LogP contribution in [0.25, 0.3) is 0 Å². The van der Waals surface area contributed by atoms with Gasteiger partial charge in [0.25, 0.3) is 0 Å². The van der Waals surface area contributed by atoms with Gasteiger partial charge in [0.2, 0.25) is 0 Å². The van der Waals surface area contributed by atoms with Crippen LogP contribution < -0.4 is 5.32 Å². The van der Waals surface area contributed by atoms with E-state index >= 15 is 0 Å². The predicted molar refractivity (Wildman–Crippen MR) is 96.8 cm³/mol. The highest BCUT2D eigenvalue weighted by molar-refractivity contribution is 7.90. The lowest BCUT2D eigenvalue weighted by Gasteiger charge is -2.50. The predicted octanol–water partition coefficient (Wildman–Crippen LogP) is 3.71. The molecule has 0 unspecified atom stereocenters. The summed E-state index contributed by atoms with van der Waals surface area (Å²) >= 11 is 0. The molecule has 0 saturated heterocycles. The van der Waals surface area contributed by atoms with E-state index < -0.39 is 9.84 Å². The fraction of sp³-hybridized carbons (Fsp3) is 0.684. The molecule has 3 nitrogen and oxygen atoms in total. The Kier molecular flexibility index (Phi) is 5.57. The fourth-order valence-electron chi connectivity index (χ4n) is 4.52. The molecule has 0 aromatic heterocycles. The number of nitrogens with one attached hydrogen (secondary N) is 1. The molecule has 0 heterocycles. The smallest absolute Gasteiger partial charge is 0.175 e. The number of fused-ring (bicyclic) bond motifs is 3. The summed E-state index contributed by atoms with van der Waals surface area (Å²) in [5.74, 6) is 0.610. The van der Waals surface area contributed by atoms with Crippen LogP contribution in [0.4, 0.5) is 0 Å². The summed E-state index contributed by atoms with van der Waals surface area (Å²) in [6.07, 6.45) is 7.25. The topological polar surface area (TPSA) is 46.2 Å². The van der Waals surface area contributed by atoms with Crippen molar-refractivity contribution in [2.45, 2.75) is 69.2 Å². The van der Waals surface area contributed by atoms with Crippen molar-refractivity contribution in [1.29, 1.82) is 0 Å². The van der Waals surface area contributed by atoms with E-state index in [0.29, 0.717) is 16.9 Å². The number of rotatable bonds is 2. The molecular formula is C19H31NO2S. The van der Waals surface area contributed by atoms with Gasteiger partial charge in [0.05, 0.1) is 4.90 Å². The average molecular weight is 338 g/mol. The van der Waals surface area contributed by atoms with Gasteiger partial charge in [0.1, 0.15) is 0 Å². The molecule has 1 aromatic carbocycles. The van der Waals surface area contributed by atoms with E-state index in [2.05, 4.69) is 19.3 Å². The van der Waals surface area contributed by atoms with E-state index in [0.717, 1.165) is 12.8 Å². The molecule has 4 heteroatoms. The van der Waals surface area contributed by atoms with Gasteiger partial charge in [0.15, 0.2) is 9.84 Å². The van der Waals surface area contributed by atoms with Gasteiger partial charge in [-0.1, -0.05) is 39.7 Å². The van der Waals surface area contributed by atoms with Gasteiger partial charge in [-0.25, -0.2) is 8.42 Å². The van der Waals surface area contributed by atoms with Gasteiger partial charge in [-0.15, -0.1) is 0 Å². The first-order valence-corrected chi connectivity index (χ1v) is 10.8. The Morgan fingerprint density at radius 2 is 1.91 bits per heavy atom. The van der Waals surface area contributed by atoms with Crippen molar-refractivity contribution in [2.75, 3.05) is 13.3 Å². The van der Waals surface area contributed by atoms with E-state index in [1.807, 2.05) is 26.0 Å². The van der Waals surface area contributed by atoms with Crippen LogP contribution in [-0.4, -0.2) is 27.8 Å². The molecule has 3 atom stereocenters. The van der Waals surface area contributed by atoms with Gasteiger partial charge in [-0.2, -0.15) is 0 Å². The minimum absolute atomic E-state index is 0.111. The zero-order chi connectivity index (χ0) is 17.3. The zero-order valence-corrected chi connectivity index (χ0v) is 16.0. The highest BCUT2D eigenvalue weighted by Crippen LogP contribution is 2.50. The van der Waals surface area contributed by atoms with Crippen LogP contribution in [0.1, 0.15) is 57.6 Å². The maximum absolute atomic E-state index is 11.9. The minimum Gasteiger partial charge on any atom is -0.316 e. The molecule has 2 aliphatic rings. The van der Waals surface area contributed by atoms with Crippen molar-refractivity contribution < 1.29 is 8.42 Å². The first-order valence-electron chi connectivity index (χ1n) is 8.87. The van der Waals surface area contributed by atoms with E-state index in [-0.39, 0.29) is 5.41 Å². The fourth-order valence-corrected chi connectivity index (χ4v) is 5.17. The van der Waals surface area contributed by atoms with Crippen molar-refractivity contribution in [3.63, 3.8) is 0 Å². The molecule has 3 rings (SSSR count). The molecule has 0 spiro atoms. The summed E-state index contributed by atoms with van der Waals surface area (Å²) in [6, 6.07) is 6.26. The number of hydrogen-bond acceptors (Lipinski definition) is 3. The van der Waals surface area contributed by atoms with Crippen molar-refractivity contribution in [3.05, 3.63) is 29.3 Å². The van der Waals surface area contributed by atoms with Crippen LogP contribution in [0.5, 0.6) is 0 Å². The van der Waals surface area contributed by atoms with Gasteiger partial charge in [-0.3, -0.25) is 0 Å². The van der Waals surface area contributed by atoms with Crippen LogP contribution in [0.15, 0.2) is 23.1 Å². The molecule has 23 heavy (non-hydrogen) atoms. The normalized spacial score (nSPS) is 29.8. The van der Waals surface area contributed by atoms with Gasteiger partial charge in [-0.05, 0) is 60.9 Å². The van der Waals surface area contributed by atoms with E-state index in [4.69, 9.17) is 0 Å². The second-order valence-corrected chi connectivity index (χ2v) is 8.98. The molecule has 0 radical (unpaired) electrons. The molecule has 0 aliphatic heterocycles. The maximum Gasteiger partial charge on any atom is 0.175 e. The lowest BCUT2D eigenvalue weighted by Crippen LogP contribution is -2.51. The second kappa shape index (κ2) is 6.94. The largest absolute Gasteiger partial charge is 0.316 e. The highest BCUT2D eigenvalue weighted by Gasteiger charge is 2.46. The van der Waals surface area contributed by atoms with E-state index in [1.54, 1.807) is 6.07 Å². The molecule has 1 fully saturated rings. The van der Waals surface area contributed by atoms with Crippen LogP contribution in [-0.2, 0) is 21.7 Å². The van der Waals surface area contributed by atoms with Crippen LogP contribution in [0.2, 0.25) is 0 Å². The van der Waals surface area contributed by atoms with Crippen molar-refractivity contribution in [2.24, 2.45) is 5.92 Å². The first kappa shape index (κ1) is 18.5. The molecule has 0 bridgehead atoms. The van der Waals surface area contributed by atoms with E-state index in [9.17, 15) is 8.42 Å². The van der Waals surface area contributed by atoms with Gasteiger partial charge >= 0.3 is 0 Å². The third kappa shape index (κ3) is 3.34. The number of hydrogen-bond donors (Lipinski definition) is 1. The number of benzene rings is 1. The molecule has 130 valence electrons. The summed E-state index contributed by atoms with van der Waals surface area (Å²) in [7, 11) is -1.08. The molecule has 1 aromatic rings. The summed E-state index contributed by atoms with van der Waals surface area (Å²) in [5, 5.41) is 3.50. The summed E-state index contributed by atoms with van der Waals surface area (Å²) in [4.78, 5) is 0.467. The van der Waals surface area contributed by atoms with E-state index in [1.165, 1.54) is 36.6 Å². The Balaban J connectivity index is 0.000000924. The highest BCUT2D eigenvalue weighted by atomic mass is 32.2. The average Bonchev–Trinajstić information content (AvgIpc) is 2.54. The summed E-state index contributed by atoms with van der Waals surface area (Å²) < 4.78 is 23.8. The van der Waals surface area contributed by atoms with Crippen molar-refractivity contribution in [1.82, 2.24) is 5.32 Å². The Hall–Kier alpha value is -0.870. The number of sulfone groups is 1. The van der Waals surface area contributed by atoms with Crippen molar-refractivity contribution in [3.8, 4) is 0 Å². The van der Waals surface area contributed by atoms with Gasteiger partial charge < -0.3 is 5.32 Å². The monoisotopic (exact) mass is 337 g/mol. The Morgan fingerprint density at radius 3 is 2.52 bits per heavy atom. The van der Waals surface area contributed by atoms with Crippen LogP contribution in [0.3, 0.4) is 0 Å². The Labute approximate surface area is 141 Å². The lowest BCUT2D eigenvalue weighted by molar-refractivity contribution is 0.141. The molecule has 0 amide bonds. The maximum atomic E-state index is 11.9. The lowest BCUT2D eigenvalue weighted by atomic mass is 9.56. The SMILES string of the molecule is CC.CN[C@H]1Cc2ccc(S(C)(=O)=O)cc2[C@]2(C)CCCC[C@H]12. The minimum atomic E-state index is -3.14. The first-order chi connectivity index (χ1) is 10.9. The number of likely N-dealkylation sites (N-methyl/N-ethyl adjacent to an activating group) is 1. The van der Waals surface area contributed by atoms with Crippen LogP contribution in [0, 0.1) is 5.92 Å². The van der Waals surface area contributed by atoms with Crippen LogP contribution >= 0.6 is 0 Å². The Morgan fingerprint density at radius 1 is 1.22 bits per heavy atom. The standard InChI is InChI=1S/C17H25NO2S.C2H6/c1-17-9-5-4-6-14(17)16(18-2)10-12-7-8-13(11-15(12)17)21(3,19)20;1-2/h7-8,11,14,16,18H,4-6,9-10H2,1-3H3;1-2H3/t14-,16+,17-;/m1./s1. The Bertz CT molecular complexity index is 653. The molecule has 1 saturated carbocycles. The summed E-state index contributed by atoms with van der Waals surface area (Å²) in [6.45, 7) is 6.34. The quantitative estimate of drug-likeness (QED) is 0.895. The molecule has 2 aliphatic carbocycles.